The second-order valence-electron chi connectivity index (χ2n) is 10.9. The van der Waals surface area contributed by atoms with Crippen molar-refractivity contribution in [2.24, 2.45) is 20.5 Å². The Bertz CT molecular complexity index is 2710. The molecule has 0 aliphatic heterocycles. The molecule has 1 radical (unpaired) electrons. The molecule has 0 heterocycles. The van der Waals surface area contributed by atoms with E-state index in [1.54, 1.807) is 54.6 Å². The third-order valence-electron chi connectivity index (χ3n) is 7.86. The minimum Gasteiger partial charge on any atom is -0.355 e. The van der Waals surface area contributed by atoms with Gasteiger partial charge in [0.1, 0.15) is 9.79 Å². The minimum absolute atomic E-state index is 0. The summed E-state index contributed by atoms with van der Waals surface area (Å²) in [7, 11) is -9.02. The van der Waals surface area contributed by atoms with E-state index in [0.717, 1.165) is 16.5 Å². The van der Waals surface area contributed by atoms with Crippen molar-refractivity contribution in [3.63, 3.8) is 0 Å². The summed E-state index contributed by atoms with van der Waals surface area (Å²) in [6.45, 7) is 0. The average molecular weight is 728 g/mol. The summed E-state index contributed by atoms with van der Waals surface area (Å²) in [5.41, 5.74) is 3.04. The average Bonchev–Trinajstić information content (AvgIpc) is 3.09. The van der Waals surface area contributed by atoms with E-state index < -0.39 is 20.2 Å². The molecule has 7 rings (SSSR count). The number of anilines is 2. The van der Waals surface area contributed by atoms with E-state index in [1.807, 2.05) is 54.6 Å². The largest absolute Gasteiger partial charge is 0.355 e. The number of azo groups is 2. The maximum absolute atomic E-state index is 12.4. The van der Waals surface area contributed by atoms with Crippen LogP contribution in [0.2, 0.25) is 0 Å². The van der Waals surface area contributed by atoms with Gasteiger partial charge in [0.25, 0.3) is 20.2 Å². The van der Waals surface area contributed by atoms with Crippen LogP contribution in [-0.2, 0) is 20.2 Å². The summed E-state index contributed by atoms with van der Waals surface area (Å²) in [6, 6.07) is 37.6. The van der Waals surface area contributed by atoms with Crippen LogP contribution in [0.1, 0.15) is 0 Å². The zero-order valence-electron chi connectivity index (χ0n) is 27.0. The Kier molecular flexibility index (Phi) is 11.1. The standard InChI is InChI=1S/C36H25N5O6S2.H3N.Na/c42-48(43,44)34-17-7-13-26-27(34)14-6-16-29(26)38-39-30-19-20-31(25-12-5-4-11-24(25)30)40-41-32-21-22-33(37-23-9-2-1-3-10-23)36-28(32)15-8-18-35(36)49(45,46)47;;/h1-22,37H,(H,42,43,44)(H,45,46,47);1H3;. The van der Waals surface area contributed by atoms with Crippen LogP contribution >= 0.6 is 0 Å². The predicted octanol–water partition coefficient (Wildman–Crippen LogP) is 10.00. The molecule has 0 atom stereocenters. The molecule has 0 aliphatic carbocycles. The van der Waals surface area contributed by atoms with Gasteiger partial charge in [0, 0.05) is 73.2 Å². The monoisotopic (exact) mass is 727 g/mol. The molecular weight excluding hydrogens is 700 g/mol. The first-order valence-electron chi connectivity index (χ1n) is 14.8. The minimum atomic E-state index is -4.58. The van der Waals surface area contributed by atoms with E-state index in [2.05, 4.69) is 25.8 Å². The Balaban J connectivity index is 0.00000252. The van der Waals surface area contributed by atoms with E-state index in [9.17, 15) is 25.9 Å². The molecule has 0 spiro atoms. The molecular formula is C36H28N6NaO6S2. The molecule has 7 aromatic rings. The Labute approximate surface area is 315 Å². The SMILES string of the molecule is N.O=S(=O)(O)c1cccc2c(N=Nc3ccc(N=Nc4ccc(Nc5ccccc5)c5c(S(=O)(=O)O)cccc45)c4ccccc34)cccc12.[Na]. The zero-order chi connectivity index (χ0) is 34.2. The van der Waals surface area contributed by atoms with Crippen LogP contribution in [0.25, 0.3) is 32.3 Å². The van der Waals surface area contributed by atoms with Crippen molar-refractivity contribution in [2.45, 2.75) is 9.79 Å². The van der Waals surface area contributed by atoms with Crippen molar-refractivity contribution >= 4 is 116 Å². The predicted molar refractivity (Wildman–Crippen MR) is 200 cm³/mol. The van der Waals surface area contributed by atoms with Gasteiger partial charge < -0.3 is 11.5 Å². The smallest absolute Gasteiger partial charge is 0.295 e. The third kappa shape index (κ3) is 7.73. The molecule has 251 valence electrons. The molecule has 7 aromatic carbocycles. The molecule has 0 fully saturated rings. The van der Waals surface area contributed by atoms with Crippen LogP contribution in [-0.4, -0.2) is 55.5 Å². The van der Waals surface area contributed by atoms with Gasteiger partial charge in [-0.05, 0) is 54.6 Å². The summed E-state index contributed by atoms with van der Waals surface area (Å²) >= 11 is 0. The molecule has 0 amide bonds. The Morgan fingerprint density at radius 1 is 0.431 bits per heavy atom. The number of para-hydroxylation sites is 1. The number of benzene rings is 7. The summed E-state index contributed by atoms with van der Waals surface area (Å²) in [5.74, 6) is 0. The normalized spacial score (nSPS) is 12.0. The third-order valence-corrected chi connectivity index (χ3v) is 9.66. The summed E-state index contributed by atoms with van der Waals surface area (Å²) in [5, 5.41) is 24.2. The van der Waals surface area contributed by atoms with Gasteiger partial charge in [-0.1, -0.05) is 78.9 Å². The van der Waals surface area contributed by atoms with E-state index in [0.29, 0.717) is 44.6 Å². The first-order valence-corrected chi connectivity index (χ1v) is 17.7. The number of nitrogens with zero attached hydrogens (tertiary/aromatic N) is 4. The Morgan fingerprint density at radius 2 is 0.843 bits per heavy atom. The fraction of sp³-hybridized carbons (Fsp3) is 0. The molecule has 0 unspecified atom stereocenters. The van der Waals surface area contributed by atoms with Gasteiger partial charge >= 0.3 is 0 Å². The topological polar surface area (TPSA) is 205 Å². The molecule has 0 bridgehead atoms. The maximum Gasteiger partial charge on any atom is 0.295 e. The quantitative estimate of drug-likeness (QED) is 0.0671. The van der Waals surface area contributed by atoms with Crippen molar-refractivity contribution in [3.8, 4) is 0 Å². The maximum atomic E-state index is 12.4. The van der Waals surface area contributed by atoms with E-state index in [1.165, 1.54) is 24.3 Å². The molecule has 0 saturated carbocycles. The number of rotatable bonds is 8. The molecule has 12 nitrogen and oxygen atoms in total. The van der Waals surface area contributed by atoms with Crippen LogP contribution in [0, 0.1) is 0 Å². The Morgan fingerprint density at radius 3 is 1.43 bits per heavy atom. The molecule has 0 aromatic heterocycles. The van der Waals surface area contributed by atoms with Crippen LogP contribution < -0.4 is 11.5 Å². The zero-order valence-corrected chi connectivity index (χ0v) is 30.7. The van der Waals surface area contributed by atoms with Crippen LogP contribution in [0.4, 0.5) is 34.1 Å². The van der Waals surface area contributed by atoms with Crippen molar-refractivity contribution in [2.75, 3.05) is 5.32 Å². The first-order chi connectivity index (χ1) is 23.6. The molecule has 15 heteroatoms. The Hall–Kier alpha value is -4.90. The van der Waals surface area contributed by atoms with Crippen LogP contribution in [0.15, 0.2) is 164 Å². The van der Waals surface area contributed by atoms with Gasteiger partial charge in [0.05, 0.1) is 22.7 Å². The fourth-order valence-electron chi connectivity index (χ4n) is 5.67. The van der Waals surface area contributed by atoms with Gasteiger partial charge in [-0.2, -0.15) is 16.8 Å². The summed E-state index contributed by atoms with van der Waals surface area (Å²) in [6.07, 6.45) is 0. The number of fused-ring (bicyclic) bond motifs is 3. The van der Waals surface area contributed by atoms with Crippen molar-refractivity contribution in [1.29, 1.82) is 0 Å². The fourth-order valence-corrected chi connectivity index (χ4v) is 7.11. The van der Waals surface area contributed by atoms with Crippen LogP contribution in [0.5, 0.6) is 0 Å². The van der Waals surface area contributed by atoms with E-state index >= 15 is 0 Å². The van der Waals surface area contributed by atoms with Gasteiger partial charge in [0.15, 0.2) is 0 Å². The number of hydrogen-bond donors (Lipinski definition) is 4. The van der Waals surface area contributed by atoms with Gasteiger partial charge in [-0.15, -0.1) is 20.5 Å². The first kappa shape index (κ1) is 37.4. The van der Waals surface area contributed by atoms with Crippen molar-refractivity contribution in [1.82, 2.24) is 6.15 Å². The van der Waals surface area contributed by atoms with E-state index in [4.69, 9.17) is 0 Å². The van der Waals surface area contributed by atoms with Gasteiger partial charge in [-0.3, -0.25) is 9.11 Å². The second kappa shape index (κ2) is 15.1. The number of hydrogen-bond acceptors (Lipinski definition) is 10. The van der Waals surface area contributed by atoms with Crippen molar-refractivity contribution in [3.05, 3.63) is 133 Å². The summed E-state index contributed by atoms with van der Waals surface area (Å²) in [4.78, 5) is -0.479. The summed E-state index contributed by atoms with van der Waals surface area (Å²) < 4.78 is 68.4. The second-order valence-corrected chi connectivity index (χ2v) is 13.7. The molecule has 51 heavy (non-hydrogen) atoms. The van der Waals surface area contributed by atoms with Gasteiger partial charge in [0.2, 0.25) is 0 Å². The van der Waals surface area contributed by atoms with E-state index in [-0.39, 0.29) is 50.9 Å². The van der Waals surface area contributed by atoms with Crippen LogP contribution in [0.3, 0.4) is 0 Å². The van der Waals surface area contributed by atoms with Crippen molar-refractivity contribution < 1.29 is 25.9 Å². The molecule has 0 saturated heterocycles. The number of nitrogens with one attached hydrogen (secondary N) is 1. The molecule has 0 aliphatic rings. The molecule has 6 N–H and O–H groups in total. The van der Waals surface area contributed by atoms with Gasteiger partial charge in [-0.25, -0.2) is 0 Å².